The third-order valence-corrected chi connectivity index (χ3v) is 13.9. The Labute approximate surface area is 334 Å². The molecule has 1 spiro atoms. The van der Waals surface area contributed by atoms with E-state index in [9.17, 15) is 18.8 Å². The quantitative estimate of drug-likeness (QED) is 0.171. The molecule has 4 aliphatic rings. The number of nitrogens with zero attached hydrogens (tertiary/aromatic N) is 9. The van der Waals surface area contributed by atoms with Crippen LogP contribution < -0.4 is 15.4 Å². The Kier molecular flexibility index (Phi) is 9.05. The second-order valence-corrected chi connectivity index (χ2v) is 17.8. The van der Waals surface area contributed by atoms with Crippen LogP contribution in [0.3, 0.4) is 0 Å². The van der Waals surface area contributed by atoms with E-state index in [4.69, 9.17) is 27.1 Å². The number of anilines is 2. The minimum absolute atomic E-state index is 0.0122. The van der Waals surface area contributed by atoms with Gasteiger partial charge in [0.25, 0.3) is 0 Å². The van der Waals surface area contributed by atoms with Crippen molar-refractivity contribution in [2.75, 3.05) is 43.4 Å². The molecular weight excluding hydrogens is 784 g/mol. The lowest BCUT2D eigenvalue weighted by molar-refractivity contribution is -0.0774. The molecule has 7 heterocycles. The van der Waals surface area contributed by atoms with Gasteiger partial charge in [0.05, 0.1) is 20.8 Å². The second kappa shape index (κ2) is 13.7. The van der Waals surface area contributed by atoms with Crippen molar-refractivity contribution >= 4 is 60.8 Å². The van der Waals surface area contributed by atoms with E-state index in [0.717, 1.165) is 48.2 Å². The lowest BCUT2D eigenvalue weighted by Gasteiger charge is -2.63. The Balaban J connectivity index is 1.17. The third-order valence-electron chi connectivity index (χ3n) is 12.6. The summed E-state index contributed by atoms with van der Waals surface area (Å²) >= 11 is 7.89. The molecule has 5 atom stereocenters. The molecule has 5 aromatic rings. The first kappa shape index (κ1) is 37.8. The summed E-state index contributed by atoms with van der Waals surface area (Å²) < 4.78 is 68.3. The lowest BCUT2D eigenvalue weighted by Crippen LogP contribution is -2.73. The first-order chi connectivity index (χ1) is 27.2. The fraction of sp³-hybridized carbons (Fsp3) is 0.487. The highest BCUT2D eigenvalue weighted by Gasteiger charge is 2.58. The molecule has 4 fully saturated rings. The number of hydrogen-bond acceptors (Lipinski definition) is 11. The number of carbonyl (C=O) groups is 1. The zero-order valence-electron chi connectivity index (χ0n) is 31.4. The van der Waals surface area contributed by atoms with E-state index in [1.54, 1.807) is 11.0 Å². The van der Waals surface area contributed by atoms with Gasteiger partial charge >= 0.3 is 18.1 Å². The second-order valence-electron chi connectivity index (χ2n) is 16.3. The molecule has 0 saturated carbocycles. The van der Waals surface area contributed by atoms with Gasteiger partial charge in [0.2, 0.25) is 0 Å². The van der Waals surface area contributed by atoms with Gasteiger partial charge in [-0.3, -0.25) is 4.90 Å². The topological polar surface area (TPSA) is 142 Å². The van der Waals surface area contributed by atoms with Crippen LogP contribution >= 0.6 is 22.9 Å². The van der Waals surface area contributed by atoms with Crippen molar-refractivity contribution in [2.45, 2.75) is 76.7 Å². The van der Waals surface area contributed by atoms with Crippen LogP contribution in [-0.2, 0) is 0 Å². The number of nitriles is 1. The molecule has 0 radical (unpaired) electrons. The van der Waals surface area contributed by atoms with E-state index >= 15 is 8.78 Å². The lowest BCUT2D eigenvalue weighted by atomic mass is 9.62. The minimum Gasteiger partial charge on any atom is -0.461 e. The summed E-state index contributed by atoms with van der Waals surface area (Å²) in [6, 6.07) is 5.26. The zero-order valence-corrected chi connectivity index (χ0v) is 33.0. The van der Waals surface area contributed by atoms with Crippen LogP contribution in [0.4, 0.5) is 33.2 Å². The van der Waals surface area contributed by atoms with Gasteiger partial charge in [-0.25, -0.2) is 18.0 Å². The molecule has 0 aliphatic carbocycles. The smallest absolute Gasteiger partial charge is 0.346 e. The van der Waals surface area contributed by atoms with Crippen LogP contribution in [-0.4, -0.2) is 97.1 Å². The SMILES string of the molecule is CC(C)[C@H]1N(C(=O)n2cnc(F)n2)C[C@]12CC[C@H](C)N(c1nc(OC[C@@]34CCCN3C[C@H](F)C4)nc3c(F)c(-c4ccc(F)c5sc(N)c(C#N)c45)c(Cl)cc13)C2. The Morgan fingerprint density at radius 1 is 1.21 bits per heavy atom. The van der Waals surface area contributed by atoms with Gasteiger partial charge in [-0.1, -0.05) is 31.5 Å². The highest BCUT2D eigenvalue weighted by molar-refractivity contribution is 7.23. The predicted molar refractivity (Wildman–Crippen MR) is 208 cm³/mol. The number of fused-ring (bicyclic) bond motifs is 3. The number of thiophene rings is 1. The fourth-order valence-electron chi connectivity index (χ4n) is 10.2. The summed E-state index contributed by atoms with van der Waals surface area (Å²) in [4.78, 5) is 32.4. The first-order valence-electron chi connectivity index (χ1n) is 19.0. The number of likely N-dealkylation sites (tertiary alicyclic amines) is 1. The van der Waals surface area contributed by atoms with Crippen LogP contribution in [0.5, 0.6) is 6.01 Å². The average Bonchev–Trinajstić information content (AvgIpc) is 3.92. The average molecular weight is 823 g/mol. The molecule has 4 saturated heterocycles. The predicted octanol–water partition coefficient (Wildman–Crippen LogP) is 7.57. The Hall–Kier alpha value is -4.79. The highest BCUT2D eigenvalue weighted by Crippen LogP contribution is 2.52. The fourth-order valence-corrected chi connectivity index (χ4v) is 11.4. The summed E-state index contributed by atoms with van der Waals surface area (Å²) in [6.45, 7) is 8.08. The van der Waals surface area contributed by atoms with Crippen LogP contribution in [0.15, 0.2) is 24.5 Å². The minimum atomic E-state index is -0.994. The van der Waals surface area contributed by atoms with E-state index in [2.05, 4.69) is 24.9 Å². The number of nitrogen functional groups attached to an aromatic ring is 1. The van der Waals surface area contributed by atoms with Crippen molar-refractivity contribution in [2.24, 2.45) is 11.3 Å². The maximum absolute atomic E-state index is 17.4. The van der Waals surface area contributed by atoms with E-state index in [0.29, 0.717) is 43.7 Å². The normalized spacial score (nSPS) is 26.1. The molecule has 18 heteroatoms. The Morgan fingerprint density at radius 3 is 2.75 bits per heavy atom. The molecule has 298 valence electrons. The molecule has 0 bridgehead atoms. The number of carbonyl (C=O) groups excluding carboxylic acids is 1. The van der Waals surface area contributed by atoms with Crippen LogP contribution in [0.25, 0.3) is 32.1 Å². The van der Waals surface area contributed by atoms with Crippen molar-refractivity contribution in [3.8, 4) is 23.2 Å². The van der Waals surface area contributed by atoms with Gasteiger partial charge in [-0.15, -0.1) is 16.4 Å². The third kappa shape index (κ3) is 5.88. The number of halogens is 5. The Bertz CT molecular complexity index is 2510. The Morgan fingerprint density at radius 2 is 2.02 bits per heavy atom. The number of nitrogens with two attached hydrogens (primary N) is 1. The largest absolute Gasteiger partial charge is 0.461 e. The molecule has 3 aromatic heterocycles. The first-order valence-corrected chi connectivity index (χ1v) is 20.2. The summed E-state index contributed by atoms with van der Waals surface area (Å²) in [5.74, 6) is -1.04. The summed E-state index contributed by atoms with van der Waals surface area (Å²) in [5, 5.41) is 14.1. The number of rotatable bonds is 6. The number of aromatic nitrogens is 5. The van der Waals surface area contributed by atoms with Crippen molar-refractivity contribution in [3.63, 3.8) is 0 Å². The van der Waals surface area contributed by atoms with Crippen molar-refractivity contribution in [3.05, 3.63) is 52.8 Å². The number of hydrogen-bond donors (Lipinski definition) is 1. The van der Waals surface area contributed by atoms with Crippen LogP contribution in [0.1, 0.15) is 58.4 Å². The van der Waals surface area contributed by atoms with E-state index in [1.807, 2.05) is 26.8 Å². The van der Waals surface area contributed by atoms with E-state index in [-0.39, 0.29) is 72.9 Å². The van der Waals surface area contributed by atoms with E-state index in [1.165, 1.54) is 12.1 Å². The summed E-state index contributed by atoms with van der Waals surface area (Å²) in [6.07, 6.45) is 2.52. The molecule has 57 heavy (non-hydrogen) atoms. The molecule has 9 rings (SSSR count). The zero-order chi connectivity index (χ0) is 40.1. The summed E-state index contributed by atoms with van der Waals surface area (Å²) in [7, 11) is 0. The number of alkyl halides is 1. The number of benzene rings is 2. The number of amides is 1. The number of piperidine rings is 1. The van der Waals surface area contributed by atoms with Gasteiger partial charge in [0.1, 0.15) is 47.3 Å². The van der Waals surface area contributed by atoms with Gasteiger partial charge in [-0.05, 0) is 62.8 Å². The molecule has 2 N–H and O–H groups in total. The van der Waals surface area contributed by atoms with Crippen LogP contribution in [0, 0.1) is 40.4 Å². The number of ether oxygens (including phenoxy) is 1. The van der Waals surface area contributed by atoms with Crippen molar-refractivity contribution in [1.82, 2.24) is 34.5 Å². The van der Waals surface area contributed by atoms with Gasteiger partial charge in [-0.2, -0.15) is 29.3 Å². The van der Waals surface area contributed by atoms with Crippen LogP contribution in [0.2, 0.25) is 5.02 Å². The molecule has 1 amide bonds. The molecule has 0 unspecified atom stereocenters. The van der Waals surface area contributed by atoms with Crippen molar-refractivity contribution < 1.29 is 27.1 Å². The molecule has 4 aliphatic heterocycles. The van der Waals surface area contributed by atoms with Gasteiger partial charge < -0.3 is 20.3 Å². The van der Waals surface area contributed by atoms with E-state index < -0.39 is 40.9 Å². The molecular formula is C39H39ClF4N10O2S. The molecule has 2 aromatic carbocycles. The monoisotopic (exact) mass is 822 g/mol. The maximum atomic E-state index is 17.4. The highest BCUT2D eigenvalue weighted by atomic mass is 35.5. The van der Waals surface area contributed by atoms with Gasteiger partial charge in [0, 0.05) is 59.9 Å². The van der Waals surface area contributed by atoms with Gasteiger partial charge in [0.15, 0.2) is 5.82 Å². The maximum Gasteiger partial charge on any atom is 0.346 e. The summed E-state index contributed by atoms with van der Waals surface area (Å²) in [5.41, 5.74) is 5.19. The van der Waals surface area contributed by atoms with Crippen molar-refractivity contribution in [1.29, 1.82) is 5.26 Å². The molecule has 12 nitrogen and oxygen atoms in total. The standard InChI is InChI=1S/C39H39ClF4N10O2S/c1-19(2)32-38(16-53(32)37(55)54-18-47-35(44)50-54)9-7-20(3)52(15-38)34-23-11-25(40)28(22-5-6-26(42)31-27(22)24(13-45)33(46)57-31)29(43)30(23)48-36(49-34)56-17-39-8-4-10-51(39)14-21(41)12-39/h5-6,11,18-21,32H,4,7-10,12,14-17,46H2,1-3H3/t20-,21+,32+,38+,39-/m0/s1.